The topological polar surface area (TPSA) is 9.23 Å². The molecule has 2 rings (SSSR count). The summed E-state index contributed by atoms with van der Waals surface area (Å²) in [5.74, 6) is 1.03. The first-order chi connectivity index (χ1) is 8.11. The summed E-state index contributed by atoms with van der Waals surface area (Å²) in [5, 5.41) is 0.256. The van der Waals surface area contributed by atoms with Crippen molar-refractivity contribution in [2.45, 2.75) is 51.5 Å². The largest absolute Gasteiger partial charge is 0.489 e. The maximum Gasteiger partial charge on any atom is 0.122 e. The van der Waals surface area contributed by atoms with Gasteiger partial charge in [-0.15, -0.1) is 11.6 Å². The Labute approximate surface area is 109 Å². The Morgan fingerprint density at radius 1 is 1.35 bits per heavy atom. The number of para-hydroxylation sites is 1. The van der Waals surface area contributed by atoms with Crippen molar-refractivity contribution in [3.05, 3.63) is 29.8 Å². The van der Waals surface area contributed by atoms with Crippen molar-refractivity contribution < 1.29 is 4.74 Å². The number of hydrogen-bond acceptors (Lipinski definition) is 1. The van der Waals surface area contributed by atoms with Gasteiger partial charge in [0, 0.05) is 17.2 Å². The van der Waals surface area contributed by atoms with Crippen LogP contribution < -0.4 is 4.74 Å². The molecule has 3 unspecified atom stereocenters. The van der Waals surface area contributed by atoms with Crippen molar-refractivity contribution in [3.63, 3.8) is 0 Å². The van der Waals surface area contributed by atoms with Gasteiger partial charge in [-0.2, -0.15) is 0 Å². The molecular weight excluding hydrogens is 232 g/mol. The van der Waals surface area contributed by atoms with Crippen LogP contribution in [0.2, 0.25) is 0 Å². The molecule has 0 N–H and O–H groups in total. The molecule has 0 bridgehead atoms. The fourth-order valence-electron chi connectivity index (χ4n) is 2.46. The molecule has 0 radical (unpaired) electrons. The monoisotopic (exact) mass is 252 g/mol. The third-order valence-corrected chi connectivity index (χ3v) is 4.93. The van der Waals surface area contributed by atoms with E-state index in [4.69, 9.17) is 16.3 Å². The number of rotatable bonds is 4. The summed E-state index contributed by atoms with van der Waals surface area (Å²) in [7, 11) is 0. The minimum atomic E-state index is 0.127. The molecule has 1 aliphatic carbocycles. The molecule has 1 saturated carbocycles. The van der Waals surface area contributed by atoms with Crippen molar-refractivity contribution >= 4 is 11.6 Å². The van der Waals surface area contributed by atoms with E-state index in [0.29, 0.717) is 0 Å². The highest BCUT2D eigenvalue weighted by atomic mass is 35.5. The average molecular weight is 253 g/mol. The second-order valence-corrected chi connectivity index (χ2v) is 5.66. The molecule has 1 aliphatic rings. The number of benzene rings is 1. The van der Waals surface area contributed by atoms with Crippen LogP contribution in [0.25, 0.3) is 0 Å². The number of aryl methyl sites for hydroxylation is 1. The standard InChI is InChI=1S/C15H21ClO/c1-4-11-8-6-7-9-12(11)17-14-10-13(16)15(14,3)5-2/h6-9,13-14H,4-5,10H2,1-3H3. The van der Waals surface area contributed by atoms with Crippen molar-refractivity contribution in [3.8, 4) is 5.75 Å². The highest BCUT2D eigenvalue weighted by molar-refractivity contribution is 6.21. The van der Waals surface area contributed by atoms with Crippen LogP contribution in [0.3, 0.4) is 0 Å². The zero-order chi connectivity index (χ0) is 12.5. The van der Waals surface area contributed by atoms with Crippen LogP contribution in [0, 0.1) is 5.41 Å². The van der Waals surface area contributed by atoms with E-state index in [1.54, 1.807) is 0 Å². The molecule has 1 nitrogen and oxygen atoms in total. The van der Waals surface area contributed by atoms with Gasteiger partial charge in [-0.1, -0.05) is 39.0 Å². The normalized spacial score (nSPS) is 32.0. The Hall–Kier alpha value is -0.690. The van der Waals surface area contributed by atoms with Crippen LogP contribution in [0.5, 0.6) is 5.75 Å². The van der Waals surface area contributed by atoms with Crippen molar-refractivity contribution in [2.75, 3.05) is 0 Å². The zero-order valence-electron chi connectivity index (χ0n) is 10.9. The van der Waals surface area contributed by atoms with Gasteiger partial charge in [0.1, 0.15) is 11.9 Å². The van der Waals surface area contributed by atoms with E-state index in [0.717, 1.165) is 25.0 Å². The fraction of sp³-hybridized carbons (Fsp3) is 0.600. The molecule has 2 heteroatoms. The third kappa shape index (κ3) is 2.18. The molecule has 1 aromatic carbocycles. The maximum absolute atomic E-state index is 6.31. The van der Waals surface area contributed by atoms with Crippen molar-refractivity contribution in [1.82, 2.24) is 0 Å². The lowest BCUT2D eigenvalue weighted by Crippen LogP contribution is -2.55. The lowest BCUT2D eigenvalue weighted by atomic mass is 9.65. The maximum atomic E-state index is 6.31. The smallest absolute Gasteiger partial charge is 0.122 e. The van der Waals surface area contributed by atoms with E-state index in [-0.39, 0.29) is 16.9 Å². The lowest BCUT2D eigenvalue weighted by molar-refractivity contribution is -0.0299. The van der Waals surface area contributed by atoms with Crippen LogP contribution in [0.1, 0.15) is 39.2 Å². The van der Waals surface area contributed by atoms with Crippen LogP contribution in [0.15, 0.2) is 24.3 Å². The molecular formula is C15H21ClO. The predicted octanol–water partition coefficient (Wildman–Crippen LogP) is 4.42. The lowest BCUT2D eigenvalue weighted by Gasteiger charge is -2.50. The molecule has 0 spiro atoms. The predicted molar refractivity (Wildman–Crippen MR) is 72.9 cm³/mol. The first kappa shape index (κ1) is 12.8. The van der Waals surface area contributed by atoms with Gasteiger partial charge in [-0.25, -0.2) is 0 Å². The van der Waals surface area contributed by atoms with Gasteiger partial charge in [-0.05, 0) is 24.5 Å². The van der Waals surface area contributed by atoms with Crippen molar-refractivity contribution in [1.29, 1.82) is 0 Å². The Bertz CT molecular complexity index is 390. The van der Waals surface area contributed by atoms with Crippen LogP contribution >= 0.6 is 11.6 Å². The summed E-state index contributed by atoms with van der Waals surface area (Å²) in [5.41, 5.74) is 1.41. The Balaban J connectivity index is 2.12. The third-order valence-electron chi connectivity index (χ3n) is 4.26. The van der Waals surface area contributed by atoms with Gasteiger partial charge in [-0.3, -0.25) is 0 Å². The van der Waals surface area contributed by atoms with Crippen LogP contribution in [0.4, 0.5) is 0 Å². The van der Waals surface area contributed by atoms with Gasteiger partial charge in [0.15, 0.2) is 0 Å². The second-order valence-electron chi connectivity index (χ2n) is 5.13. The van der Waals surface area contributed by atoms with Crippen LogP contribution in [-0.4, -0.2) is 11.5 Å². The second kappa shape index (κ2) is 4.89. The van der Waals surface area contributed by atoms with Gasteiger partial charge in [0.05, 0.1) is 0 Å². The summed E-state index contributed by atoms with van der Waals surface area (Å²) in [4.78, 5) is 0. The zero-order valence-corrected chi connectivity index (χ0v) is 11.6. The van der Waals surface area contributed by atoms with E-state index in [1.165, 1.54) is 5.56 Å². The highest BCUT2D eigenvalue weighted by Crippen LogP contribution is 2.49. The summed E-state index contributed by atoms with van der Waals surface area (Å²) in [6, 6.07) is 8.30. The number of hydrogen-bond donors (Lipinski definition) is 0. The molecule has 0 heterocycles. The Morgan fingerprint density at radius 3 is 2.65 bits per heavy atom. The minimum Gasteiger partial charge on any atom is -0.489 e. The number of ether oxygens (including phenoxy) is 1. The first-order valence-corrected chi connectivity index (χ1v) is 6.94. The van der Waals surface area contributed by atoms with Gasteiger partial charge >= 0.3 is 0 Å². The molecule has 0 aromatic heterocycles. The molecule has 0 saturated heterocycles. The Morgan fingerprint density at radius 2 is 2.06 bits per heavy atom. The summed E-state index contributed by atoms with van der Waals surface area (Å²) >= 11 is 6.31. The van der Waals surface area contributed by atoms with Crippen LogP contribution in [-0.2, 0) is 6.42 Å². The minimum absolute atomic E-state index is 0.127. The molecule has 17 heavy (non-hydrogen) atoms. The number of alkyl halides is 1. The Kier molecular flexibility index (Phi) is 3.67. The van der Waals surface area contributed by atoms with Gasteiger partial charge < -0.3 is 4.74 Å². The molecule has 94 valence electrons. The first-order valence-electron chi connectivity index (χ1n) is 6.50. The van der Waals surface area contributed by atoms with Gasteiger partial charge in [0.25, 0.3) is 0 Å². The molecule has 1 aromatic rings. The van der Waals surface area contributed by atoms with Gasteiger partial charge in [0.2, 0.25) is 0 Å². The number of halogens is 1. The van der Waals surface area contributed by atoms with E-state index >= 15 is 0 Å². The van der Waals surface area contributed by atoms with E-state index in [9.17, 15) is 0 Å². The van der Waals surface area contributed by atoms with E-state index in [1.807, 2.05) is 6.07 Å². The summed E-state index contributed by atoms with van der Waals surface area (Å²) in [6.45, 7) is 6.58. The van der Waals surface area contributed by atoms with E-state index in [2.05, 4.69) is 39.0 Å². The molecule has 3 atom stereocenters. The molecule has 1 fully saturated rings. The highest BCUT2D eigenvalue weighted by Gasteiger charge is 2.51. The van der Waals surface area contributed by atoms with Crippen molar-refractivity contribution in [2.24, 2.45) is 5.41 Å². The molecule has 0 aliphatic heterocycles. The average Bonchev–Trinajstić information content (AvgIpc) is 2.37. The summed E-state index contributed by atoms with van der Waals surface area (Å²) in [6.07, 6.45) is 3.31. The van der Waals surface area contributed by atoms with E-state index < -0.39 is 0 Å². The molecule has 0 amide bonds. The SMILES string of the molecule is CCc1ccccc1OC1CC(Cl)C1(C)CC. The fourth-order valence-corrected chi connectivity index (χ4v) is 2.92. The quantitative estimate of drug-likeness (QED) is 0.721. The summed E-state index contributed by atoms with van der Waals surface area (Å²) < 4.78 is 6.16.